The van der Waals surface area contributed by atoms with Gasteiger partial charge in [-0.25, -0.2) is 4.68 Å². The van der Waals surface area contributed by atoms with Crippen LogP contribution in [0.1, 0.15) is 67.2 Å². The number of hydrogen-bond acceptors (Lipinski definition) is 4. The van der Waals surface area contributed by atoms with Gasteiger partial charge in [0.15, 0.2) is 6.04 Å². The van der Waals surface area contributed by atoms with Crippen LogP contribution in [-0.2, 0) is 0 Å². The molecule has 0 unspecified atom stereocenters. The topological polar surface area (TPSA) is 63.3 Å². The molecule has 1 saturated heterocycles. The van der Waals surface area contributed by atoms with E-state index < -0.39 is 18.3 Å². The monoisotopic (exact) mass is 396 g/mol. The van der Waals surface area contributed by atoms with Crippen molar-refractivity contribution in [3.8, 4) is 0 Å². The maximum Gasteiger partial charge on any atom is 0.410 e. The van der Waals surface area contributed by atoms with E-state index in [0.29, 0.717) is 12.3 Å². The minimum atomic E-state index is -4.48. The van der Waals surface area contributed by atoms with Gasteiger partial charge in [-0.1, -0.05) is 6.92 Å². The van der Waals surface area contributed by atoms with Gasteiger partial charge in [-0.3, -0.25) is 4.79 Å². The van der Waals surface area contributed by atoms with Gasteiger partial charge in [0, 0.05) is 19.0 Å². The summed E-state index contributed by atoms with van der Waals surface area (Å²) in [6, 6.07) is 0.886. The van der Waals surface area contributed by atoms with Crippen molar-refractivity contribution < 1.29 is 22.4 Å². The molecule has 1 fully saturated rings. The summed E-state index contributed by atoms with van der Waals surface area (Å²) in [4.78, 5) is 15.0. The number of nitrogens with one attached hydrogen (secondary N) is 1. The number of carbonyl (C=O) groups is 1. The minimum absolute atomic E-state index is 0.111. The van der Waals surface area contributed by atoms with E-state index in [1.54, 1.807) is 17.0 Å². The number of amides is 1. The lowest BCUT2D eigenvalue weighted by molar-refractivity contribution is -0.174. The first-order valence-electron chi connectivity index (χ1n) is 9.65. The van der Waals surface area contributed by atoms with Gasteiger partial charge in [0.25, 0.3) is 5.91 Å². The molecule has 0 aromatic carbocycles. The van der Waals surface area contributed by atoms with Crippen molar-refractivity contribution in [2.75, 3.05) is 11.9 Å². The molecule has 0 aliphatic carbocycles. The molecule has 0 bridgehead atoms. The molecule has 152 valence electrons. The standard InChI is InChI=1S/C19H23F3N4O2/c1-2-12-6-3-4-8-25(12)18(27)13-11-23-26-16(19(20,21)22)10-14(24-17(13)26)15-7-5-9-28-15/h5,7,9,11-12,14,16,24H,2-4,6,8,10H2,1H3/t12-,14+,16+/m1/s1. The number of aromatic nitrogens is 2. The Balaban J connectivity index is 1.70. The van der Waals surface area contributed by atoms with E-state index in [1.165, 1.54) is 12.5 Å². The Kier molecular flexibility index (Phi) is 4.84. The Morgan fingerprint density at radius 2 is 2.21 bits per heavy atom. The van der Waals surface area contributed by atoms with Crippen molar-refractivity contribution in [3.05, 3.63) is 35.9 Å². The molecule has 4 heterocycles. The lowest BCUT2D eigenvalue weighted by Gasteiger charge is -2.36. The van der Waals surface area contributed by atoms with Crippen molar-refractivity contribution >= 4 is 11.7 Å². The lowest BCUT2D eigenvalue weighted by Crippen LogP contribution is -2.44. The van der Waals surface area contributed by atoms with Gasteiger partial charge in [-0.15, -0.1) is 0 Å². The highest BCUT2D eigenvalue weighted by molar-refractivity contribution is 5.99. The van der Waals surface area contributed by atoms with Crippen LogP contribution in [0.15, 0.2) is 29.0 Å². The molecule has 1 amide bonds. The van der Waals surface area contributed by atoms with E-state index in [2.05, 4.69) is 10.4 Å². The van der Waals surface area contributed by atoms with Crippen LogP contribution in [-0.4, -0.2) is 39.4 Å². The van der Waals surface area contributed by atoms with Gasteiger partial charge in [0.1, 0.15) is 17.1 Å². The molecule has 0 spiro atoms. The second-order valence-electron chi connectivity index (χ2n) is 7.41. The third-order valence-electron chi connectivity index (χ3n) is 5.71. The number of rotatable bonds is 3. The number of furan rings is 1. The zero-order valence-corrected chi connectivity index (χ0v) is 15.6. The molecule has 2 aromatic rings. The van der Waals surface area contributed by atoms with Crippen LogP contribution >= 0.6 is 0 Å². The minimum Gasteiger partial charge on any atom is -0.467 e. The smallest absolute Gasteiger partial charge is 0.410 e. The molecule has 0 saturated carbocycles. The fourth-order valence-corrected chi connectivity index (χ4v) is 4.24. The molecule has 4 rings (SSSR count). The maximum absolute atomic E-state index is 13.7. The summed E-state index contributed by atoms with van der Waals surface area (Å²) in [5, 5.41) is 7.01. The predicted octanol–water partition coefficient (Wildman–Crippen LogP) is 4.54. The van der Waals surface area contributed by atoms with Crippen LogP contribution in [0.25, 0.3) is 0 Å². The Hall–Kier alpha value is -2.45. The van der Waals surface area contributed by atoms with Crippen molar-refractivity contribution in [2.24, 2.45) is 0 Å². The number of likely N-dealkylation sites (tertiary alicyclic amines) is 1. The average molecular weight is 396 g/mol. The second-order valence-corrected chi connectivity index (χ2v) is 7.41. The molecule has 2 aromatic heterocycles. The summed E-state index contributed by atoms with van der Waals surface area (Å²) in [7, 11) is 0. The van der Waals surface area contributed by atoms with Gasteiger partial charge in [0.05, 0.1) is 18.5 Å². The average Bonchev–Trinajstić information content (AvgIpc) is 3.35. The molecule has 1 N–H and O–H groups in total. The van der Waals surface area contributed by atoms with Crippen LogP contribution in [0, 0.1) is 0 Å². The second kappa shape index (κ2) is 7.18. The molecule has 3 atom stereocenters. The van der Waals surface area contributed by atoms with Gasteiger partial charge < -0.3 is 14.6 Å². The molecule has 2 aliphatic rings. The molecular weight excluding hydrogens is 373 g/mol. The van der Waals surface area contributed by atoms with Crippen LogP contribution < -0.4 is 5.32 Å². The highest BCUT2D eigenvalue weighted by Crippen LogP contribution is 2.44. The van der Waals surface area contributed by atoms with E-state index in [4.69, 9.17) is 4.42 Å². The fourth-order valence-electron chi connectivity index (χ4n) is 4.24. The summed E-state index contributed by atoms with van der Waals surface area (Å²) in [6.07, 6.45) is 1.66. The molecular formula is C19H23F3N4O2. The predicted molar refractivity (Wildman–Crippen MR) is 96.0 cm³/mol. The van der Waals surface area contributed by atoms with Crippen LogP contribution in [0.3, 0.4) is 0 Å². The number of anilines is 1. The first-order valence-corrected chi connectivity index (χ1v) is 9.65. The molecule has 9 heteroatoms. The number of halogens is 3. The first-order chi connectivity index (χ1) is 13.4. The van der Waals surface area contributed by atoms with Crippen LogP contribution in [0.5, 0.6) is 0 Å². The van der Waals surface area contributed by atoms with Gasteiger partial charge in [-0.2, -0.15) is 18.3 Å². The highest BCUT2D eigenvalue weighted by atomic mass is 19.4. The SMILES string of the molecule is CC[C@@H]1CCCCN1C(=O)c1cnn2c1N[C@H](c1ccco1)C[C@H]2C(F)(F)F. The number of nitrogens with zero attached hydrogens (tertiary/aromatic N) is 3. The molecule has 0 radical (unpaired) electrons. The molecule has 2 aliphatic heterocycles. The summed E-state index contributed by atoms with van der Waals surface area (Å²) in [5.41, 5.74) is 0.186. The molecule has 6 nitrogen and oxygen atoms in total. The quantitative estimate of drug-likeness (QED) is 0.827. The first kappa shape index (κ1) is 18.9. The van der Waals surface area contributed by atoms with Crippen molar-refractivity contribution in [3.63, 3.8) is 0 Å². The van der Waals surface area contributed by atoms with Crippen LogP contribution in [0.4, 0.5) is 19.0 Å². The van der Waals surface area contributed by atoms with Gasteiger partial charge in [0.2, 0.25) is 0 Å². The van der Waals surface area contributed by atoms with Crippen molar-refractivity contribution in [1.29, 1.82) is 0 Å². The largest absolute Gasteiger partial charge is 0.467 e. The zero-order valence-electron chi connectivity index (χ0n) is 15.6. The zero-order chi connectivity index (χ0) is 19.9. The third kappa shape index (κ3) is 3.27. The number of fused-ring (bicyclic) bond motifs is 1. The highest BCUT2D eigenvalue weighted by Gasteiger charge is 2.48. The van der Waals surface area contributed by atoms with Crippen molar-refractivity contribution in [2.45, 2.75) is 63.3 Å². The molecule has 28 heavy (non-hydrogen) atoms. The van der Waals surface area contributed by atoms with E-state index in [1.807, 2.05) is 6.92 Å². The van der Waals surface area contributed by atoms with Crippen molar-refractivity contribution in [1.82, 2.24) is 14.7 Å². The fraction of sp³-hybridized carbons (Fsp3) is 0.579. The number of alkyl halides is 3. The van der Waals surface area contributed by atoms with Gasteiger partial charge in [-0.05, 0) is 37.8 Å². The Morgan fingerprint density at radius 3 is 2.89 bits per heavy atom. The Bertz CT molecular complexity index is 831. The van der Waals surface area contributed by atoms with E-state index in [0.717, 1.165) is 30.4 Å². The summed E-state index contributed by atoms with van der Waals surface area (Å²) < 4.78 is 47.3. The lowest BCUT2D eigenvalue weighted by atomic mass is 9.98. The summed E-state index contributed by atoms with van der Waals surface area (Å²) in [5.74, 6) is 0.256. The van der Waals surface area contributed by atoms with Gasteiger partial charge >= 0.3 is 6.18 Å². The van der Waals surface area contributed by atoms with Crippen LogP contribution in [0.2, 0.25) is 0 Å². The third-order valence-corrected chi connectivity index (χ3v) is 5.71. The summed E-state index contributed by atoms with van der Waals surface area (Å²) in [6.45, 7) is 2.64. The van der Waals surface area contributed by atoms with E-state index in [-0.39, 0.29) is 29.8 Å². The summed E-state index contributed by atoms with van der Waals surface area (Å²) >= 11 is 0. The normalized spacial score (nSPS) is 25.3. The van der Waals surface area contributed by atoms with E-state index in [9.17, 15) is 18.0 Å². The Morgan fingerprint density at radius 1 is 1.39 bits per heavy atom. The number of piperidine rings is 1. The van der Waals surface area contributed by atoms with E-state index >= 15 is 0 Å². The Labute approximate surface area is 160 Å². The maximum atomic E-state index is 13.7. The number of carbonyl (C=O) groups excluding carboxylic acids is 1. The number of hydrogen-bond donors (Lipinski definition) is 1.